The minimum atomic E-state index is -0.721. The van der Waals surface area contributed by atoms with E-state index >= 15 is 0 Å². The summed E-state index contributed by atoms with van der Waals surface area (Å²) >= 11 is 0. The van der Waals surface area contributed by atoms with E-state index < -0.39 is 23.9 Å². The van der Waals surface area contributed by atoms with Crippen LogP contribution in [0.15, 0.2) is 28.5 Å². The van der Waals surface area contributed by atoms with Crippen molar-refractivity contribution in [1.29, 1.82) is 5.26 Å². The van der Waals surface area contributed by atoms with Crippen LogP contribution in [0.1, 0.15) is 43.0 Å². The minimum Gasteiger partial charge on any atom is -0.504 e. The van der Waals surface area contributed by atoms with E-state index in [1.165, 1.54) is 21.1 Å². The van der Waals surface area contributed by atoms with Crippen molar-refractivity contribution in [3.63, 3.8) is 0 Å². The summed E-state index contributed by atoms with van der Waals surface area (Å²) in [6.45, 7) is 4.89. The van der Waals surface area contributed by atoms with E-state index in [1.807, 2.05) is 24.9 Å². The Labute approximate surface area is 221 Å². The van der Waals surface area contributed by atoms with Crippen molar-refractivity contribution in [3.05, 3.63) is 45.2 Å². The summed E-state index contributed by atoms with van der Waals surface area (Å²) in [5.41, 5.74) is 3.34. The van der Waals surface area contributed by atoms with Crippen LogP contribution < -0.4 is 10.1 Å². The van der Waals surface area contributed by atoms with Gasteiger partial charge in [0.05, 0.1) is 32.4 Å². The average Bonchev–Trinajstić information content (AvgIpc) is 2.86. The molecule has 1 aromatic rings. The fraction of sp³-hybridized carbons (Fsp3) is 0.500. The highest BCUT2D eigenvalue weighted by Crippen LogP contribution is 2.53. The number of amides is 1. The lowest BCUT2D eigenvalue weighted by atomic mass is 9.69. The first-order valence-electron chi connectivity index (χ1n) is 12.7. The summed E-state index contributed by atoms with van der Waals surface area (Å²) in [5.74, 6) is -0.518. The summed E-state index contributed by atoms with van der Waals surface area (Å²) in [6, 6.07) is 2.07. The molecule has 2 bridgehead atoms. The van der Waals surface area contributed by atoms with Crippen LogP contribution in [-0.2, 0) is 25.5 Å². The third kappa shape index (κ3) is 3.49. The zero-order chi connectivity index (χ0) is 27.6. The Bertz CT molecular complexity index is 1370. The summed E-state index contributed by atoms with van der Waals surface area (Å²) < 4.78 is 10.9. The summed E-state index contributed by atoms with van der Waals surface area (Å²) in [4.78, 5) is 43.3. The Balaban J connectivity index is 1.74. The van der Waals surface area contributed by atoms with Crippen LogP contribution in [-0.4, -0.2) is 84.4 Å². The van der Waals surface area contributed by atoms with Gasteiger partial charge in [-0.2, -0.15) is 5.26 Å². The second kappa shape index (κ2) is 9.26. The van der Waals surface area contributed by atoms with Crippen LogP contribution in [0.5, 0.6) is 11.5 Å². The molecule has 1 fully saturated rings. The maximum atomic E-state index is 13.7. The molecule has 1 amide bonds. The van der Waals surface area contributed by atoms with E-state index in [4.69, 9.17) is 9.47 Å². The van der Waals surface area contributed by atoms with Crippen molar-refractivity contribution in [2.24, 2.45) is 0 Å². The van der Waals surface area contributed by atoms with Gasteiger partial charge in [-0.1, -0.05) is 6.07 Å². The molecule has 2 N–H and O–H groups in total. The first kappa shape index (κ1) is 25.9. The van der Waals surface area contributed by atoms with Crippen LogP contribution >= 0.6 is 0 Å². The number of methoxy groups -OCH3 is 2. The molecule has 10 nitrogen and oxygen atoms in total. The van der Waals surface area contributed by atoms with Gasteiger partial charge in [-0.05, 0) is 44.9 Å². The van der Waals surface area contributed by atoms with E-state index in [2.05, 4.69) is 16.3 Å². The molecule has 0 radical (unpaired) electrons. The van der Waals surface area contributed by atoms with Gasteiger partial charge in [0.2, 0.25) is 11.7 Å². The fourth-order valence-corrected chi connectivity index (χ4v) is 7.05. The molecule has 3 aliphatic heterocycles. The van der Waals surface area contributed by atoms with Crippen LogP contribution in [0.4, 0.5) is 0 Å². The normalized spacial score (nSPS) is 28.8. The van der Waals surface area contributed by atoms with Gasteiger partial charge in [-0.25, -0.2) is 0 Å². The number of Topliss-reactive ketones (excluding diaryl/α,β-unsaturated/α-hetero) is 2. The molecule has 0 spiro atoms. The molecule has 200 valence electrons. The van der Waals surface area contributed by atoms with Crippen molar-refractivity contribution in [1.82, 2.24) is 15.1 Å². The number of nitriles is 1. The van der Waals surface area contributed by atoms with Gasteiger partial charge in [0.25, 0.3) is 0 Å². The molecule has 38 heavy (non-hydrogen) atoms. The highest BCUT2D eigenvalue weighted by Gasteiger charge is 2.57. The van der Waals surface area contributed by atoms with Gasteiger partial charge in [-0.15, -0.1) is 0 Å². The number of nitrogens with zero attached hydrogens (tertiary/aromatic N) is 3. The van der Waals surface area contributed by atoms with Gasteiger partial charge in [0.1, 0.15) is 6.04 Å². The molecule has 0 saturated carbocycles. The van der Waals surface area contributed by atoms with E-state index in [0.717, 1.165) is 11.1 Å². The molecule has 0 aromatic heterocycles. The summed E-state index contributed by atoms with van der Waals surface area (Å²) in [5, 5.41) is 24.7. The number of aryl methyl sites for hydroxylation is 1. The fourth-order valence-electron chi connectivity index (χ4n) is 7.05. The third-order valence-corrected chi connectivity index (χ3v) is 8.61. The Morgan fingerprint density at radius 1 is 1.18 bits per heavy atom. The monoisotopic (exact) mass is 520 g/mol. The lowest BCUT2D eigenvalue weighted by Crippen LogP contribution is -2.71. The topological polar surface area (TPSA) is 132 Å². The predicted molar refractivity (Wildman–Crippen MR) is 136 cm³/mol. The van der Waals surface area contributed by atoms with Crippen molar-refractivity contribution in [2.75, 3.05) is 27.8 Å². The lowest BCUT2D eigenvalue weighted by Gasteiger charge is -2.60. The first-order valence-corrected chi connectivity index (χ1v) is 12.7. The Morgan fingerprint density at radius 3 is 2.50 bits per heavy atom. The minimum absolute atomic E-state index is 0.00828. The number of allylic oxidation sites excluding steroid dienone is 2. The quantitative estimate of drug-likeness (QED) is 0.566. The van der Waals surface area contributed by atoms with Gasteiger partial charge >= 0.3 is 0 Å². The first-order chi connectivity index (χ1) is 18.1. The van der Waals surface area contributed by atoms with Crippen molar-refractivity contribution in [2.45, 2.75) is 63.8 Å². The largest absolute Gasteiger partial charge is 0.504 e. The molecule has 4 aliphatic rings. The Morgan fingerprint density at radius 2 is 1.89 bits per heavy atom. The standard InChI is InChI=1S/C28H32N4O6/c1-12-7-15-8-17-19(10-29)32-18(23(31(17)4)21(15)25(35)27(12)37-5)9-16-22(20(32)11-30-14(3)33)26(36)28(38-6)13(2)24(16)34/h7,17-20,23,35H,8-9,11H2,1-6H3,(H,30,33)/t17?,18-,19-,20?,23?/m0/s1. The third-order valence-electron chi connectivity index (χ3n) is 8.61. The van der Waals surface area contributed by atoms with Crippen LogP contribution in [0.2, 0.25) is 0 Å². The smallest absolute Gasteiger partial charge is 0.226 e. The SMILES string of the molecule is COC1=C(C)C(=O)C2=C(C1=O)C(CNC(C)=O)N1[C@@H](C#N)C3Cc4cc(C)c(OC)c(O)c4C([C@@H]1C2)N3C. The number of benzene rings is 1. The number of likely N-dealkylation sites (N-methyl/N-ethyl adjacent to an activating group) is 1. The van der Waals surface area contributed by atoms with Crippen molar-refractivity contribution >= 4 is 17.5 Å². The van der Waals surface area contributed by atoms with Crippen LogP contribution in [0.25, 0.3) is 0 Å². The van der Waals surface area contributed by atoms with Gasteiger partial charge in [-0.3, -0.25) is 24.2 Å². The van der Waals surface area contributed by atoms with Crippen LogP contribution in [0, 0.1) is 18.3 Å². The number of phenols is 1. The number of piperazine rings is 1. The lowest BCUT2D eigenvalue weighted by molar-refractivity contribution is -0.124. The number of ketones is 2. The molecule has 3 unspecified atom stereocenters. The molecular weight excluding hydrogens is 488 g/mol. The number of aromatic hydroxyl groups is 1. The van der Waals surface area contributed by atoms with Gasteiger partial charge < -0.3 is 19.9 Å². The molecule has 1 saturated heterocycles. The maximum Gasteiger partial charge on any atom is 0.226 e. The Hall–Kier alpha value is -3.68. The molecule has 10 heteroatoms. The van der Waals surface area contributed by atoms with Gasteiger partial charge in [0, 0.05) is 47.8 Å². The number of fused-ring (bicyclic) bond motifs is 6. The van der Waals surface area contributed by atoms with E-state index in [9.17, 15) is 24.8 Å². The highest BCUT2D eigenvalue weighted by atomic mass is 16.5. The number of phenolic OH excluding ortho intramolecular Hbond substituents is 1. The molecule has 5 rings (SSSR count). The highest BCUT2D eigenvalue weighted by molar-refractivity contribution is 6.25. The van der Waals surface area contributed by atoms with Crippen molar-refractivity contribution < 1.29 is 29.0 Å². The number of carbonyl (C=O) groups excluding carboxylic acids is 3. The van der Waals surface area contributed by atoms with Gasteiger partial charge in [0.15, 0.2) is 23.0 Å². The summed E-state index contributed by atoms with van der Waals surface area (Å²) in [7, 11) is 4.80. The zero-order valence-corrected chi connectivity index (χ0v) is 22.4. The molecular formula is C28H32N4O6. The molecule has 3 heterocycles. The number of hydrogen-bond acceptors (Lipinski definition) is 9. The van der Waals surface area contributed by atoms with Crippen molar-refractivity contribution in [3.8, 4) is 17.6 Å². The van der Waals surface area contributed by atoms with E-state index in [0.29, 0.717) is 23.3 Å². The number of ether oxygens (including phenoxy) is 2. The van der Waals surface area contributed by atoms with E-state index in [-0.39, 0.29) is 59.4 Å². The molecule has 5 atom stereocenters. The number of nitrogens with one attached hydrogen (secondary N) is 1. The average molecular weight is 521 g/mol. The predicted octanol–water partition coefficient (Wildman–Crippen LogP) is 1.46. The zero-order valence-electron chi connectivity index (χ0n) is 22.4. The second-order valence-electron chi connectivity index (χ2n) is 10.5. The van der Waals surface area contributed by atoms with E-state index in [1.54, 1.807) is 6.92 Å². The maximum absolute atomic E-state index is 13.7. The number of rotatable bonds is 4. The second-order valence-corrected chi connectivity index (χ2v) is 10.5. The molecule has 1 aromatic carbocycles. The molecule has 1 aliphatic carbocycles. The van der Waals surface area contributed by atoms with Crippen LogP contribution in [0.3, 0.4) is 0 Å². The number of carbonyl (C=O) groups is 3. The number of hydrogen-bond donors (Lipinski definition) is 2. The Kier molecular flexibility index (Phi) is 6.32. The summed E-state index contributed by atoms with van der Waals surface area (Å²) in [6.07, 6.45) is 0.718.